The minimum absolute atomic E-state index is 0.198. The van der Waals surface area contributed by atoms with E-state index in [9.17, 15) is 4.79 Å². The average molecular weight is 391 g/mol. The summed E-state index contributed by atoms with van der Waals surface area (Å²) in [5, 5.41) is 9.16. The van der Waals surface area contributed by atoms with Gasteiger partial charge < -0.3 is 9.84 Å². The molecule has 5 rings (SSSR count). The SMILES string of the molecule is O=C(Nc1ccccc1-c1nc(-c2ccccc2)no1)c1ccc2ccccc2c1. The van der Waals surface area contributed by atoms with Crippen molar-refractivity contribution >= 4 is 22.4 Å². The van der Waals surface area contributed by atoms with Crippen molar-refractivity contribution in [2.24, 2.45) is 0 Å². The topological polar surface area (TPSA) is 68.0 Å². The van der Waals surface area contributed by atoms with Crippen LogP contribution in [0.5, 0.6) is 0 Å². The van der Waals surface area contributed by atoms with Gasteiger partial charge in [0.25, 0.3) is 11.8 Å². The summed E-state index contributed by atoms with van der Waals surface area (Å²) in [5.41, 5.74) is 2.73. The summed E-state index contributed by atoms with van der Waals surface area (Å²) >= 11 is 0. The fourth-order valence-corrected chi connectivity index (χ4v) is 3.34. The van der Waals surface area contributed by atoms with Crippen molar-refractivity contribution < 1.29 is 9.32 Å². The minimum atomic E-state index is -0.198. The second-order valence-corrected chi connectivity index (χ2v) is 6.85. The lowest BCUT2D eigenvalue weighted by molar-refractivity contribution is 0.102. The quantitative estimate of drug-likeness (QED) is 0.420. The molecule has 1 heterocycles. The van der Waals surface area contributed by atoms with Crippen LogP contribution in [-0.4, -0.2) is 16.0 Å². The lowest BCUT2D eigenvalue weighted by Gasteiger charge is -2.09. The third-order valence-corrected chi connectivity index (χ3v) is 4.88. The van der Waals surface area contributed by atoms with Crippen LogP contribution in [0, 0.1) is 0 Å². The fourth-order valence-electron chi connectivity index (χ4n) is 3.34. The van der Waals surface area contributed by atoms with Crippen LogP contribution in [0.25, 0.3) is 33.6 Å². The number of hydrogen-bond donors (Lipinski definition) is 1. The van der Waals surface area contributed by atoms with Gasteiger partial charge in [0.15, 0.2) is 0 Å². The zero-order chi connectivity index (χ0) is 20.3. The smallest absolute Gasteiger partial charge is 0.260 e. The van der Waals surface area contributed by atoms with Crippen LogP contribution in [0.15, 0.2) is 102 Å². The Hall–Kier alpha value is -4.25. The second kappa shape index (κ2) is 7.64. The summed E-state index contributed by atoms with van der Waals surface area (Å²) in [7, 11) is 0. The van der Waals surface area contributed by atoms with Crippen LogP contribution < -0.4 is 5.32 Å². The van der Waals surface area contributed by atoms with E-state index in [4.69, 9.17) is 4.52 Å². The zero-order valence-corrected chi connectivity index (χ0v) is 15.9. The first-order valence-electron chi connectivity index (χ1n) is 9.57. The summed E-state index contributed by atoms with van der Waals surface area (Å²) in [6.45, 7) is 0. The molecule has 0 aliphatic rings. The van der Waals surface area contributed by atoms with Gasteiger partial charge in [-0.2, -0.15) is 4.98 Å². The predicted molar refractivity (Wildman–Crippen MR) is 117 cm³/mol. The number of hydrogen-bond acceptors (Lipinski definition) is 4. The Bertz CT molecular complexity index is 1340. The number of carbonyl (C=O) groups is 1. The van der Waals surface area contributed by atoms with Gasteiger partial charge in [-0.25, -0.2) is 0 Å². The molecule has 0 saturated heterocycles. The Morgan fingerprint density at radius 2 is 1.50 bits per heavy atom. The highest BCUT2D eigenvalue weighted by atomic mass is 16.5. The van der Waals surface area contributed by atoms with E-state index in [0.29, 0.717) is 28.5 Å². The van der Waals surface area contributed by atoms with Crippen LogP contribution in [0.4, 0.5) is 5.69 Å². The van der Waals surface area contributed by atoms with E-state index < -0.39 is 0 Å². The predicted octanol–water partition coefficient (Wildman–Crippen LogP) is 5.81. The number of aromatic nitrogens is 2. The number of nitrogens with zero attached hydrogens (tertiary/aromatic N) is 2. The maximum Gasteiger partial charge on any atom is 0.260 e. The molecular weight excluding hydrogens is 374 g/mol. The van der Waals surface area contributed by atoms with Gasteiger partial charge in [0.1, 0.15) is 0 Å². The van der Waals surface area contributed by atoms with Crippen molar-refractivity contribution in [2.75, 3.05) is 5.32 Å². The standard InChI is InChI=1S/C25H17N3O2/c29-24(20-15-14-17-8-4-5-11-19(17)16-20)26-22-13-7-6-12-21(22)25-27-23(28-30-25)18-9-2-1-3-10-18/h1-16H,(H,26,29). The third-order valence-electron chi connectivity index (χ3n) is 4.88. The Morgan fingerprint density at radius 3 is 2.37 bits per heavy atom. The van der Waals surface area contributed by atoms with Crippen LogP contribution in [0.1, 0.15) is 10.4 Å². The fraction of sp³-hybridized carbons (Fsp3) is 0. The molecule has 0 unspecified atom stereocenters. The number of nitrogens with one attached hydrogen (secondary N) is 1. The number of para-hydroxylation sites is 1. The molecule has 1 aromatic heterocycles. The van der Waals surface area contributed by atoms with Crippen molar-refractivity contribution in [1.82, 2.24) is 10.1 Å². The molecule has 5 nitrogen and oxygen atoms in total. The van der Waals surface area contributed by atoms with Crippen LogP contribution in [-0.2, 0) is 0 Å². The van der Waals surface area contributed by atoms with Gasteiger partial charge >= 0.3 is 0 Å². The van der Waals surface area contributed by atoms with Gasteiger partial charge in [-0.3, -0.25) is 4.79 Å². The molecule has 4 aromatic carbocycles. The molecule has 0 spiro atoms. The third kappa shape index (κ3) is 3.44. The van der Waals surface area contributed by atoms with Gasteiger partial charge in [0, 0.05) is 11.1 Å². The molecule has 5 aromatic rings. The first-order chi connectivity index (χ1) is 14.8. The van der Waals surface area contributed by atoms with E-state index in [1.807, 2.05) is 97.1 Å². The summed E-state index contributed by atoms with van der Waals surface area (Å²) in [6.07, 6.45) is 0. The first kappa shape index (κ1) is 17.8. The molecule has 0 saturated carbocycles. The molecule has 0 fully saturated rings. The number of benzene rings is 4. The van der Waals surface area contributed by atoms with Crippen molar-refractivity contribution in [3.05, 3.63) is 103 Å². The van der Waals surface area contributed by atoms with E-state index in [1.165, 1.54) is 0 Å². The maximum atomic E-state index is 12.9. The Morgan fingerprint density at radius 1 is 0.767 bits per heavy atom. The number of amides is 1. The highest BCUT2D eigenvalue weighted by Gasteiger charge is 2.16. The van der Waals surface area contributed by atoms with Gasteiger partial charge in [-0.1, -0.05) is 78.0 Å². The maximum absolute atomic E-state index is 12.9. The number of rotatable bonds is 4. The minimum Gasteiger partial charge on any atom is -0.334 e. The van der Waals surface area contributed by atoms with Gasteiger partial charge in [-0.15, -0.1) is 0 Å². The molecule has 144 valence electrons. The van der Waals surface area contributed by atoms with Gasteiger partial charge in [0.05, 0.1) is 11.3 Å². The lowest BCUT2D eigenvalue weighted by atomic mass is 10.1. The summed E-state index contributed by atoms with van der Waals surface area (Å²) < 4.78 is 5.48. The van der Waals surface area contributed by atoms with E-state index in [-0.39, 0.29) is 5.91 Å². The molecule has 0 aliphatic heterocycles. The average Bonchev–Trinajstić information content (AvgIpc) is 3.30. The van der Waals surface area contributed by atoms with Crippen molar-refractivity contribution in [3.63, 3.8) is 0 Å². The van der Waals surface area contributed by atoms with Gasteiger partial charge in [0.2, 0.25) is 5.82 Å². The monoisotopic (exact) mass is 391 g/mol. The lowest BCUT2D eigenvalue weighted by Crippen LogP contribution is -2.12. The van der Waals surface area contributed by atoms with Gasteiger partial charge in [-0.05, 0) is 35.0 Å². The molecule has 1 N–H and O–H groups in total. The van der Waals surface area contributed by atoms with Crippen LogP contribution >= 0.6 is 0 Å². The molecule has 0 radical (unpaired) electrons. The van der Waals surface area contributed by atoms with E-state index >= 15 is 0 Å². The second-order valence-electron chi connectivity index (χ2n) is 6.85. The van der Waals surface area contributed by atoms with Crippen LogP contribution in [0.2, 0.25) is 0 Å². The van der Waals surface area contributed by atoms with Crippen LogP contribution in [0.3, 0.4) is 0 Å². The van der Waals surface area contributed by atoms with E-state index in [2.05, 4.69) is 15.5 Å². The highest BCUT2D eigenvalue weighted by molar-refractivity contribution is 6.07. The molecule has 5 heteroatoms. The van der Waals surface area contributed by atoms with E-state index in [1.54, 1.807) is 0 Å². The number of fused-ring (bicyclic) bond motifs is 1. The Balaban J connectivity index is 1.45. The molecular formula is C25H17N3O2. The number of carbonyl (C=O) groups excluding carboxylic acids is 1. The zero-order valence-electron chi connectivity index (χ0n) is 15.9. The summed E-state index contributed by atoms with van der Waals surface area (Å²) in [5.74, 6) is 0.653. The van der Waals surface area contributed by atoms with Crippen molar-refractivity contribution in [1.29, 1.82) is 0 Å². The largest absolute Gasteiger partial charge is 0.334 e. The number of anilines is 1. The molecule has 0 atom stereocenters. The van der Waals surface area contributed by atoms with Crippen molar-refractivity contribution in [2.45, 2.75) is 0 Å². The highest BCUT2D eigenvalue weighted by Crippen LogP contribution is 2.29. The Labute approximate surface area is 173 Å². The first-order valence-corrected chi connectivity index (χ1v) is 9.57. The molecule has 30 heavy (non-hydrogen) atoms. The summed E-state index contributed by atoms with van der Waals surface area (Å²) in [4.78, 5) is 17.4. The Kier molecular flexibility index (Phi) is 4.54. The van der Waals surface area contributed by atoms with E-state index in [0.717, 1.165) is 16.3 Å². The molecule has 1 amide bonds. The molecule has 0 bridgehead atoms. The van der Waals surface area contributed by atoms with Crippen molar-refractivity contribution in [3.8, 4) is 22.8 Å². The normalized spacial score (nSPS) is 10.8. The molecule has 0 aliphatic carbocycles. The summed E-state index contributed by atoms with van der Waals surface area (Å²) in [6, 6.07) is 30.6.